The normalized spacial score (nSPS) is 11.7. The summed E-state index contributed by atoms with van der Waals surface area (Å²) in [7, 11) is 0. The molecule has 0 spiro atoms. The SMILES string of the molecule is O=C(O)c1ccc(-c2ncc(C(F)(F)F)[nH]2)s1. The first-order valence-corrected chi connectivity index (χ1v) is 5.15. The predicted octanol–water partition coefficient (Wildman–Crippen LogP) is 2.86. The van der Waals surface area contributed by atoms with Gasteiger partial charge in [-0.15, -0.1) is 11.3 Å². The maximum atomic E-state index is 12.3. The molecule has 4 nitrogen and oxygen atoms in total. The molecule has 0 saturated carbocycles. The highest BCUT2D eigenvalue weighted by Gasteiger charge is 2.33. The third kappa shape index (κ3) is 2.31. The van der Waals surface area contributed by atoms with E-state index in [4.69, 9.17) is 5.11 Å². The van der Waals surface area contributed by atoms with Gasteiger partial charge in [0.1, 0.15) is 16.4 Å². The van der Waals surface area contributed by atoms with E-state index in [0.29, 0.717) is 11.1 Å². The summed E-state index contributed by atoms with van der Waals surface area (Å²) in [6, 6.07) is 2.73. The Bertz CT molecular complexity index is 559. The van der Waals surface area contributed by atoms with E-state index >= 15 is 0 Å². The van der Waals surface area contributed by atoms with Crippen molar-refractivity contribution in [2.45, 2.75) is 6.18 Å². The van der Waals surface area contributed by atoms with Crippen LogP contribution >= 0.6 is 11.3 Å². The van der Waals surface area contributed by atoms with Gasteiger partial charge >= 0.3 is 12.1 Å². The number of carbonyl (C=O) groups is 1. The highest BCUT2D eigenvalue weighted by Crippen LogP contribution is 2.31. The van der Waals surface area contributed by atoms with Crippen LogP contribution in [0.5, 0.6) is 0 Å². The summed E-state index contributed by atoms with van der Waals surface area (Å²) in [6.45, 7) is 0. The number of aromatic amines is 1. The van der Waals surface area contributed by atoms with E-state index in [-0.39, 0.29) is 10.7 Å². The van der Waals surface area contributed by atoms with E-state index in [1.54, 1.807) is 0 Å². The average Bonchev–Trinajstić information content (AvgIpc) is 2.85. The standard InChI is InChI=1S/C9H5F3N2O2S/c10-9(11,12)6-3-13-7(14-6)4-1-2-5(17-4)8(15)16/h1-3H,(H,13,14)(H,15,16). The van der Waals surface area contributed by atoms with E-state index in [1.807, 2.05) is 0 Å². The Labute approximate surface area is 96.7 Å². The van der Waals surface area contributed by atoms with Crippen molar-refractivity contribution in [1.82, 2.24) is 9.97 Å². The Kier molecular flexibility index (Phi) is 2.66. The highest BCUT2D eigenvalue weighted by atomic mass is 32.1. The van der Waals surface area contributed by atoms with Crippen LogP contribution in [0, 0.1) is 0 Å². The maximum absolute atomic E-state index is 12.3. The molecule has 8 heteroatoms. The van der Waals surface area contributed by atoms with Crippen LogP contribution in [0.3, 0.4) is 0 Å². The minimum absolute atomic E-state index is 0.00910. The van der Waals surface area contributed by atoms with Crippen molar-refractivity contribution in [2.24, 2.45) is 0 Å². The molecular weight excluding hydrogens is 257 g/mol. The molecule has 2 rings (SSSR count). The molecule has 0 fully saturated rings. The van der Waals surface area contributed by atoms with E-state index < -0.39 is 17.8 Å². The number of nitrogens with zero attached hydrogens (tertiary/aromatic N) is 1. The molecule has 0 aliphatic carbocycles. The molecule has 90 valence electrons. The lowest BCUT2D eigenvalue weighted by molar-refractivity contribution is -0.140. The number of hydrogen-bond donors (Lipinski definition) is 2. The minimum atomic E-state index is -4.49. The summed E-state index contributed by atoms with van der Waals surface area (Å²) in [4.78, 5) is 16.7. The van der Waals surface area contributed by atoms with Crippen LogP contribution in [0.15, 0.2) is 18.3 Å². The zero-order valence-corrected chi connectivity index (χ0v) is 8.89. The van der Waals surface area contributed by atoms with Gasteiger partial charge in [-0.1, -0.05) is 0 Å². The molecule has 17 heavy (non-hydrogen) atoms. The number of aromatic nitrogens is 2. The first-order chi connectivity index (χ1) is 7.88. The van der Waals surface area contributed by atoms with Crippen molar-refractivity contribution in [3.8, 4) is 10.7 Å². The lowest BCUT2D eigenvalue weighted by Gasteiger charge is -2.00. The van der Waals surface area contributed by atoms with Crippen LogP contribution < -0.4 is 0 Å². The van der Waals surface area contributed by atoms with Crippen LogP contribution in [0.4, 0.5) is 13.2 Å². The van der Waals surface area contributed by atoms with Crippen LogP contribution in [-0.2, 0) is 6.18 Å². The fourth-order valence-corrected chi connectivity index (χ4v) is 1.97. The van der Waals surface area contributed by atoms with E-state index in [1.165, 1.54) is 12.1 Å². The van der Waals surface area contributed by atoms with Crippen LogP contribution in [-0.4, -0.2) is 21.0 Å². The Morgan fingerprint density at radius 3 is 2.59 bits per heavy atom. The van der Waals surface area contributed by atoms with Crippen molar-refractivity contribution < 1.29 is 23.1 Å². The van der Waals surface area contributed by atoms with Gasteiger partial charge in [-0.05, 0) is 12.1 Å². The zero-order valence-electron chi connectivity index (χ0n) is 8.08. The molecule has 0 aliphatic rings. The summed E-state index contributed by atoms with van der Waals surface area (Å²) in [5, 5.41) is 8.68. The Balaban J connectivity index is 2.34. The Morgan fingerprint density at radius 2 is 2.12 bits per heavy atom. The number of halogens is 3. The summed E-state index contributed by atoms with van der Waals surface area (Å²) in [5.74, 6) is -1.11. The third-order valence-corrected chi connectivity index (χ3v) is 3.01. The molecule has 0 aliphatic heterocycles. The first kappa shape index (κ1) is 11.6. The van der Waals surface area contributed by atoms with E-state index in [9.17, 15) is 18.0 Å². The number of alkyl halides is 3. The molecule has 0 saturated heterocycles. The predicted molar refractivity (Wildman–Crippen MR) is 53.9 cm³/mol. The number of aromatic carboxylic acids is 1. The molecule has 0 radical (unpaired) electrons. The van der Waals surface area contributed by atoms with Crippen LogP contribution in [0.2, 0.25) is 0 Å². The topological polar surface area (TPSA) is 66.0 Å². The second kappa shape index (κ2) is 3.88. The van der Waals surface area contributed by atoms with Gasteiger partial charge in [0.25, 0.3) is 0 Å². The smallest absolute Gasteiger partial charge is 0.432 e. The molecule has 0 aromatic carbocycles. The van der Waals surface area contributed by atoms with E-state index in [2.05, 4.69) is 9.97 Å². The number of imidazole rings is 1. The molecule has 0 unspecified atom stereocenters. The fraction of sp³-hybridized carbons (Fsp3) is 0.111. The van der Waals surface area contributed by atoms with Gasteiger partial charge in [-0.25, -0.2) is 9.78 Å². The summed E-state index contributed by atoms with van der Waals surface area (Å²) in [6.07, 6.45) is -3.81. The van der Waals surface area contributed by atoms with Crippen molar-refractivity contribution in [2.75, 3.05) is 0 Å². The number of carboxylic acid groups (broad SMARTS) is 1. The second-order valence-corrected chi connectivity index (χ2v) is 4.20. The molecule has 2 N–H and O–H groups in total. The number of H-pyrrole nitrogens is 1. The Morgan fingerprint density at radius 1 is 1.41 bits per heavy atom. The lowest BCUT2D eigenvalue weighted by Crippen LogP contribution is -2.04. The van der Waals surface area contributed by atoms with Crippen molar-refractivity contribution in [3.05, 3.63) is 28.9 Å². The number of nitrogens with one attached hydrogen (secondary N) is 1. The zero-order chi connectivity index (χ0) is 12.6. The quantitative estimate of drug-likeness (QED) is 0.874. The molecule has 0 amide bonds. The average molecular weight is 262 g/mol. The summed E-state index contributed by atoms with van der Waals surface area (Å²) >= 11 is 0.857. The Hall–Kier alpha value is -1.83. The number of thiophene rings is 1. The second-order valence-electron chi connectivity index (χ2n) is 3.11. The van der Waals surface area contributed by atoms with Gasteiger partial charge in [0.05, 0.1) is 11.1 Å². The largest absolute Gasteiger partial charge is 0.477 e. The molecule has 2 aromatic heterocycles. The van der Waals surface area contributed by atoms with Crippen molar-refractivity contribution in [3.63, 3.8) is 0 Å². The molecule has 2 aromatic rings. The highest BCUT2D eigenvalue weighted by molar-refractivity contribution is 7.17. The van der Waals surface area contributed by atoms with Gasteiger partial charge in [0.15, 0.2) is 0 Å². The van der Waals surface area contributed by atoms with Gasteiger partial charge < -0.3 is 10.1 Å². The monoisotopic (exact) mass is 262 g/mol. The summed E-state index contributed by atoms with van der Waals surface area (Å²) in [5.41, 5.74) is -0.960. The minimum Gasteiger partial charge on any atom is -0.477 e. The molecule has 2 heterocycles. The number of carboxylic acids is 1. The number of rotatable bonds is 2. The van der Waals surface area contributed by atoms with Gasteiger partial charge in [-0.3, -0.25) is 0 Å². The molecular formula is C9H5F3N2O2S. The van der Waals surface area contributed by atoms with Crippen molar-refractivity contribution in [1.29, 1.82) is 0 Å². The van der Waals surface area contributed by atoms with Gasteiger partial charge in [0, 0.05) is 0 Å². The molecule has 0 atom stereocenters. The van der Waals surface area contributed by atoms with Crippen molar-refractivity contribution >= 4 is 17.3 Å². The first-order valence-electron chi connectivity index (χ1n) is 4.33. The lowest BCUT2D eigenvalue weighted by atomic mass is 10.4. The van der Waals surface area contributed by atoms with Crippen LogP contribution in [0.1, 0.15) is 15.4 Å². The third-order valence-electron chi connectivity index (χ3n) is 1.93. The maximum Gasteiger partial charge on any atom is 0.432 e. The molecule has 0 bridgehead atoms. The van der Waals surface area contributed by atoms with Gasteiger partial charge in [0.2, 0.25) is 0 Å². The number of hydrogen-bond acceptors (Lipinski definition) is 3. The summed E-state index contributed by atoms with van der Waals surface area (Å²) < 4.78 is 36.9. The fourth-order valence-electron chi connectivity index (χ4n) is 1.17. The van der Waals surface area contributed by atoms with Gasteiger partial charge in [-0.2, -0.15) is 13.2 Å². The van der Waals surface area contributed by atoms with Crippen LogP contribution in [0.25, 0.3) is 10.7 Å². The van der Waals surface area contributed by atoms with E-state index in [0.717, 1.165) is 11.3 Å².